The SMILES string of the molecule is CNC=c1ccc(=C(c2ccc(N(C)C)cc2)c2c(OC)ccc3nsnc23)cc1. The van der Waals surface area contributed by atoms with E-state index in [4.69, 9.17) is 4.74 Å². The first-order valence-electron chi connectivity index (χ1n) is 9.67. The highest BCUT2D eigenvalue weighted by atomic mass is 32.1. The van der Waals surface area contributed by atoms with E-state index in [1.807, 2.05) is 39.5 Å². The Kier molecular flexibility index (Phi) is 5.68. The molecule has 30 heavy (non-hydrogen) atoms. The van der Waals surface area contributed by atoms with Crippen molar-refractivity contribution in [3.05, 3.63) is 82.2 Å². The molecular weight excluding hydrogens is 392 g/mol. The summed E-state index contributed by atoms with van der Waals surface area (Å²) in [6.45, 7) is 0. The second-order valence-corrected chi connectivity index (χ2v) is 7.67. The lowest BCUT2D eigenvalue weighted by molar-refractivity contribution is 0.414. The van der Waals surface area contributed by atoms with Gasteiger partial charge in [-0.2, -0.15) is 8.75 Å². The minimum Gasteiger partial charge on any atom is -0.496 e. The Morgan fingerprint density at radius 1 is 0.967 bits per heavy atom. The van der Waals surface area contributed by atoms with Gasteiger partial charge in [0.2, 0.25) is 0 Å². The largest absolute Gasteiger partial charge is 0.496 e. The zero-order valence-electron chi connectivity index (χ0n) is 17.5. The summed E-state index contributed by atoms with van der Waals surface area (Å²) in [5.74, 6) is 0.785. The summed E-state index contributed by atoms with van der Waals surface area (Å²) in [6.07, 6.45) is 1.97. The highest BCUT2D eigenvalue weighted by molar-refractivity contribution is 7.00. The van der Waals surface area contributed by atoms with Crippen LogP contribution >= 0.6 is 11.7 Å². The van der Waals surface area contributed by atoms with Crippen molar-refractivity contribution in [1.29, 1.82) is 0 Å². The molecule has 0 saturated carbocycles. The molecule has 4 rings (SSSR count). The van der Waals surface area contributed by atoms with E-state index >= 15 is 0 Å². The van der Waals surface area contributed by atoms with E-state index in [9.17, 15) is 0 Å². The standard InChI is InChI=1S/C24H24N4OS/c1-25-15-16-5-7-17(8-6-16)22(18-9-11-19(12-10-18)28(2)3)23-21(29-4)14-13-20-24(23)27-30-26-20/h5-15,25H,1-4H3. The van der Waals surface area contributed by atoms with Crippen LogP contribution in [-0.2, 0) is 0 Å². The lowest BCUT2D eigenvalue weighted by atomic mass is 9.93. The molecule has 3 aromatic carbocycles. The topological polar surface area (TPSA) is 50.3 Å². The van der Waals surface area contributed by atoms with Crippen LogP contribution < -0.4 is 25.4 Å². The maximum atomic E-state index is 5.76. The number of methoxy groups -OCH3 is 1. The van der Waals surface area contributed by atoms with Gasteiger partial charge in [-0.1, -0.05) is 36.4 Å². The number of ether oxygens (including phenoxy) is 1. The van der Waals surface area contributed by atoms with E-state index in [-0.39, 0.29) is 0 Å². The van der Waals surface area contributed by atoms with Gasteiger partial charge in [-0.25, -0.2) is 0 Å². The number of aromatic nitrogens is 2. The average molecular weight is 417 g/mol. The number of hydrogen-bond acceptors (Lipinski definition) is 6. The smallest absolute Gasteiger partial charge is 0.129 e. The third-order valence-electron chi connectivity index (χ3n) is 5.04. The molecule has 1 aromatic heterocycles. The average Bonchev–Trinajstić information content (AvgIpc) is 3.25. The molecule has 6 heteroatoms. The van der Waals surface area contributed by atoms with Crippen molar-refractivity contribution >= 4 is 40.2 Å². The van der Waals surface area contributed by atoms with Crippen LogP contribution in [0.5, 0.6) is 5.75 Å². The summed E-state index contributed by atoms with van der Waals surface area (Å²) >= 11 is 1.22. The van der Waals surface area contributed by atoms with Crippen molar-refractivity contribution in [2.24, 2.45) is 0 Å². The Bertz CT molecular complexity index is 1270. The molecule has 0 aliphatic carbocycles. The molecule has 0 fully saturated rings. The van der Waals surface area contributed by atoms with Gasteiger partial charge in [0.1, 0.15) is 16.8 Å². The van der Waals surface area contributed by atoms with Gasteiger partial charge in [0, 0.05) is 38.6 Å². The van der Waals surface area contributed by atoms with Crippen LogP contribution in [0.25, 0.3) is 22.8 Å². The van der Waals surface area contributed by atoms with E-state index in [1.165, 1.54) is 11.7 Å². The van der Waals surface area contributed by atoms with E-state index < -0.39 is 0 Å². The van der Waals surface area contributed by atoms with Crippen LogP contribution in [0.2, 0.25) is 0 Å². The minimum absolute atomic E-state index is 0.785. The zero-order chi connectivity index (χ0) is 21.1. The fourth-order valence-corrected chi connectivity index (χ4v) is 4.08. The van der Waals surface area contributed by atoms with E-state index in [0.29, 0.717) is 0 Å². The Hall–Kier alpha value is -3.38. The molecule has 5 nitrogen and oxygen atoms in total. The summed E-state index contributed by atoms with van der Waals surface area (Å²) in [5, 5.41) is 5.29. The van der Waals surface area contributed by atoms with Gasteiger partial charge in [0.05, 0.1) is 24.4 Å². The monoisotopic (exact) mass is 416 g/mol. The molecule has 0 aliphatic rings. The molecule has 0 unspecified atom stereocenters. The number of nitrogens with one attached hydrogen (secondary N) is 1. The molecule has 0 atom stereocenters. The van der Waals surface area contributed by atoms with Gasteiger partial charge >= 0.3 is 0 Å². The lowest BCUT2D eigenvalue weighted by Gasteiger charge is -2.16. The van der Waals surface area contributed by atoms with Gasteiger partial charge < -0.3 is 15.0 Å². The molecule has 0 aliphatic heterocycles. The second-order valence-electron chi connectivity index (χ2n) is 7.15. The normalized spacial score (nSPS) is 10.7. The van der Waals surface area contributed by atoms with Crippen LogP contribution in [-0.4, -0.2) is 37.0 Å². The Labute approximate surface area is 180 Å². The summed E-state index contributed by atoms with van der Waals surface area (Å²) in [7, 11) is 7.68. The molecule has 152 valence electrons. The number of hydrogen-bond donors (Lipinski definition) is 1. The maximum absolute atomic E-state index is 5.76. The second kappa shape index (κ2) is 8.55. The van der Waals surface area contributed by atoms with Crippen molar-refractivity contribution in [3.63, 3.8) is 0 Å². The number of anilines is 1. The molecule has 0 amide bonds. The molecule has 4 aromatic rings. The summed E-state index contributed by atoms with van der Waals surface area (Å²) in [5.41, 5.74) is 6.02. The number of rotatable bonds is 5. The molecule has 0 saturated heterocycles. The van der Waals surface area contributed by atoms with Crippen LogP contribution in [0.3, 0.4) is 0 Å². The third kappa shape index (κ3) is 3.74. The highest BCUT2D eigenvalue weighted by Crippen LogP contribution is 2.35. The van der Waals surface area contributed by atoms with E-state index in [1.54, 1.807) is 7.11 Å². The summed E-state index contributed by atoms with van der Waals surface area (Å²) < 4.78 is 14.8. The van der Waals surface area contributed by atoms with Crippen LogP contribution in [0.15, 0.2) is 60.7 Å². The van der Waals surface area contributed by atoms with Crippen molar-refractivity contribution < 1.29 is 4.74 Å². The third-order valence-corrected chi connectivity index (χ3v) is 5.58. The minimum atomic E-state index is 0.785. The van der Waals surface area contributed by atoms with Gasteiger partial charge in [-0.3, -0.25) is 0 Å². The van der Waals surface area contributed by atoms with Crippen LogP contribution in [0, 0.1) is 0 Å². The molecule has 0 spiro atoms. The van der Waals surface area contributed by atoms with Crippen molar-refractivity contribution in [3.8, 4) is 5.75 Å². The first kappa shape index (κ1) is 19.9. The van der Waals surface area contributed by atoms with Crippen LogP contribution in [0.4, 0.5) is 5.69 Å². The van der Waals surface area contributed by atoms with Gasteiger partial charge in [0.25, 0.3) is 0 Å². The van der Waals surface area contributed by atoms with Crippen molar-refractivity contribution in [2.75, 3.05) is 33.2 Å². The maximum Gasteiger partial charge on any atom is 0.129 e. The highest BCUT2D eigenvalue weighted by Gasteiger charge is 2.18. The Morgan fingerprint density at radius 2 is 1.70 bits per heavy atom. The van der Waals surface area contributed by atoms with Crippen LogP contribution in [0.1, 0.15) is 11.1 Å². The fourth-order valence-electron chi connectivity index (χ4n) is 3.54. The Balaban J connectivity index is 2.06. The summed E-state index contributed by atoms with van der Waals surface area (Å²) in [6, 6.07) is 21.0. The van der Waals surface area contributed by atoms with E-state index in [0.717, 1.165) is 49.6 Å². The first-order valence-corrected chi connectivity index (χ1v) is 10.4. The van der Waals surface area contributed by atoms with Crippen molar-refractivity contribution in [1.82, 2.24) is 14.1 Å². The summed E-state index contributed by atoms with van der Waals surface area (Å²) in [4.78, 5) is 2.09. The molecular formula is C24H24N4OS. The number of fused-ring (bicyclic) bond motifs is 1. The first-order chi connectivity index (χ1) is 14.6. The number of nitrogens with zero attached hydrogens (tertiary/aromatic N) is 3. The predicted octanol–water partition coefficient (Wildman–Crippen LogP) is 2.97. The van der Waals surface area contributed by atoms with Gasteiger partial charge in [-0.05, 0) is 40.3 Å². The fraction of sp³-hybridized carbons (Fsp3) is 0.167. The van der Waals surface area contributed by atoms with Gasteiger partial charge in [-0.15, -0.1) is 0 Å². The number of benzene rings is 3. The molecule has 0 bridgehead atoms. The van der Waals surface area contributed by atoms with Crippen molar-refractivity contribution in [2.45, 2.75) is 0 Å². The van der Waals surface area contributed by atoms with E-state index in [2.05, 4.69) is 67.5 Å². The predicted molar refractivity (Wildman–Crippen MR) is 126 cm³/mol. The molecule has 0 radical (unpaired) electrons. The lowest BCUT2D eigenvalue weighted by Crippen LogP contribution is -2.15. The zero-order valence-corrected chi connectivity index (χ0v) is 18.3. The Morgan fingerprint density at radius 3 is 2.33 bits per heavy atom. The molecule has 1 heterocycles. The van der Waals surface area contributed by atoms with Gasteiger partial charge in [0.15, 0.2) is 0 Å². The quantitative estimate of drug-likeness (QED) is 0.542. The molecule has 1 N–H and O–H groups in total.